The first-order chi connectivity index (χ1) is 16.9. The van der Waals surface area contributed by atoms with Gasteiger partial charge in [0.05, 0.1) is 35.6 Å². The number of hydrogen-bond acceptors (Lipinski definition) is 5. The van der Waals surface area contributed by atoms with E-state index in [1.807, 2.05) is 27.0 Å². The second kappa shape index (κ2) is 9.64. The van der Waals surface area contributed by atoms with Gasteiger partial charge in [0.2, 0.25) is 0 Å². The number of imidazole rings is 1. The second-order valence-corrected chi connectivity index (χ2v) is 9.69. The number of pyridine rings is 1. The molecule has 6 nitrogen and oxygen atoms in total. The van der Waals surface area contributed by atoms with Crippen molar-refractivity contribution in [3.8, 4) is 11.1 Å². The van der Waals surface area contributed by atoms with Crippen molar-refractivity contribution < 1.29 is 18.0 Å². The summed E-state index contributed by atoms with van der Waals surface area (Å²) in [7, 11) is 0. The summed E-state index contributed by atoms with van der Waals surface area (Å²) in [6.45, 7) is 5.05. The summed E-state index contributed by atoms with van der Waals surface area (Å²) < 4.78 is 38.2. The van der Waals surface area contributed by atoms with E-state index in [0.717, 1.165) is 88.0 Å². The van der Waals surface area contributed by atoms with Gasteiger partial charge < -0.3 is 13.8 Å². The highest BCUT2D eigenvalue weighted by Gasteiger charge is 2.27. The van der Waals surface area contributed by atoms with E-state index in [9.17, 15) is 8.78 Å². The molecule has 1 aliphatic carbocycles. The molecule has 186 valence electrons. The fourth-order valence-electron chi connectivity index (χ4n) is 5.66. The Hall–Kier alpha value is -2.87. The highest BCUT2D eigenvalue weighted by atomic mass is 19.3. The van der Waals surface area contributed by atoms with Crippen molar-refractivity contribution in [2.24, 2.45) is 0 Å². The van der Waals surface area contributed by atoms with E-state index in [-0.39, 0.29) is 12.6 Å². The molecular formula is C27H32F2N4O2. The molecule has 0 saturated heterocycles. The van der Waals surface area contributed by atoms with E-state index >= 15 is 0 Å². The van der Waals surface area contributed by atoms with Crippen molar-refractivity contribution >= 4 is 21.9 Å². The van der Waals surface area contributed by atoms with E-state index in [1.165, 1.54) is 6.42 Å². The minimum atomic E-state index is -2.80. The van der Waals surface area contributed by atoms with Crippen molar-refractivity contribution in [2.45, 2.75) is 84.8 Å². The van der Waals surface area contributed by atoms with Crippen LogP contribution in [0.25, 0.3) is 33.1 Å². The van der Waals surface area contributed by atoms with Gasteiger partial charge in [-0.25, -0.2) is 4.98 Å². The molecule has 3 heterocycles. The van der Waals surface area contributed by atoms with Gasteiger partial charge in [0, 0.05) is 16.9 Å². The summed E-state index contributed by atoms with van der Waals surface area (Å²) >= 11 is 0. The zero-order chi connectivity index (χ0) is 24.7. The van der Waals surface area contributed by atoms with Crippen LogP contribution in [-0.4, -0.2) is 32.9 Å². The van der Waals surface area contributed by atoms with Gasteiger partial charge in [0.1, 0.15) is 17.1 Å². The van der Waals surface area contributed by atoms with Gasteiger partial charge in [0.25, 0.3) is 0 Å². The molecule has 0 unspecified atom stereocenters. The predicted molar refractivity (Wildman–Crippen MR) is 132 cm³/mol. The molecule has 3 aromatic heterocycles. The topological polar surface area (TPSA) is 66.0 Å². The van der Waals surface area contributed by atoms with Crippen molar-refractivity contribution in [2.75, 3.05) is 6.61 Å². The first-order valence-electron chi connectivity index (χ1n) is 12.6. The molecule has 1 saturated carbocycles. The second-order valence-electron chi connectivity index (χ2n) is 9.69. The molecule has 1 fully saturated rings. The Morgan fingerprint density at radius 1 is 1.14 bits per heavy atom. The minimum absolute atomic E-state index is 0.0789. The van der Waals surface area contributed by atoms with Gasteiger partial charge in [-0.3, -0.25) is 4.98 Å². The zero-order valence-corrected chi connectivity index (χ0v) is 20.8. The SMILES string of the molecule is CCc1cc2c(cc1-c1c(C)noc1C)ncc1nc(C3CCCCC3)n([C@@H](C)COC(F)F)c12. The molecule has 0 radical (unpaired) electrons. The van der Waals surface area contributed by atoms with Crippen molar-refractivity contribution in [3.63, 3.8) is 0 Å². The van der Waals surface area contributed by atoms with Crippen molar-refractivity contribution in [1.82, 2.24) is 19.7 Å². The largest absolute Gasteiger partial charge is 0.361 e. The monoisotopic (exact) mass is 482 g/mol. The van der Waals surface area contributed by atoms with E-state index < -0.39 is 6.61 Å². The molecule has 0 aliphatic heterocycles. The summed E-state index contributed by atoms with van der Waals surface area (Å²) in [6.07, 6.45) is 8.31. The lowest BCUT2D eigenvalue weighted by Crippen LogP contribution is -2.19. The fraction of sp³-hybridized carbons (Fsp3) is 0.519. The quantitative estimate of drug-likeness (QED) is 0.277. The van der Waals surface area contributed by atoms with Crippen LogP contribution >= 0.6 is 0 Å². The van der Waals surface area contributed by atoms with E-state index in [4.69, 9.17) is 19.2 Å². The number of hydrogen-bond donors (Lipinski definition) is 0. The number of ether oxygens (including phenoxy) is 1. The smallest absolute Gasteiger partial charge is 0.345 e. The Morgan fingerprint density at radius 3 is 2.57 bits per heavy atom. The van der Waals surface area contributed by atoms with Crippen molar-refractivity contribution in [1.29, 1.82) is 0 Å². The Bertz CT molecular complexity index is 1340. The Morgan fingerprint density at radius 2 is 1.91 bits per heavy atom. The van der Waals surface area contributed by atoms with Crippen LogP contribution in [0.15, 0.2) is 22.9 Å². The summed E-state index contributed by atoms with van der Waals surface area (Å²) in [6, 6.07) is 3.98. The van der Waals surface area contributed by atoms with Crippen LogP contribution in [0, 0.1) is 13.8 Å². The van der Waals surface area contributed by atoms with Gasteiger partial charge in [-0.15, -0.1) is 0 Å². The molecule has 1 atom stereocenters. The minimum Gasteiger partial charge on any atom is -0.361 e. The van der Waals surface area contributed by atoms with Gasteiger partial charge >= 0.3 is 6.61 Å². The number of aromatic nitrogens is 4. The lowest BCUT2D eigenvalue weighted by molar-refractivity contribution is -0.135. The van der Waals surface area contributed by atoms with Gasteiger partial charge in [-0.05, 0) is 63.3 Å². The zero-order valence-electron chi connectivity index (χ0n) is 20.8. The number of nitrogens with zero attached hydrogens (tertiary/aromatic N) is 4. The summed E-state index contributed by atoms with van der Waals surface area (Å²) in [5, 5.41) is 5.12. The molecule has 0 spiro atoms. The molecule has 0 bridgehead atoms. The lowest BCUT2D eigenvalue weighted by Gasteiger charge is -2.25. The van der Waals surface area contributed by atoms with Gasteiger partial charge in [0.15, 0.2) is 0 Å². The summed E-state index contributed by atoms with van der Waals surface area (Å²) in [5.74, 6) is 2.06. The third kappa shape index (κ3) is 4.33. The third-order valence-electron chi connectivity index (χ3n) is 7.33. The molecule has 1 aliphatic rings. The van der Waals surface area contributed by atoms with Crippen LogP contribution in [-0.2, 0) is 11.2 Å². The first-order valence-corrected chi connectivity index (χ1v) is 12.6. The van der Waals surface area contributed by atoms with Crippen LogP contribution < -0.4 is 0 Å². The maximum atomic E-state index is 12.9. The highest BCUT2D eigenvalue weighted by Crippen LogP contribution is 2.39. The Kier molecular flexibility index (Phi) is 6.57. The molecule has 35 heavy (non-hydrogen) atoms. The Balaban J connectivity index is 1.74. The van der Waals surface area contributed by atoms with Gasteiger partial charge in [-0.1, -0.05) is 31.3 Å². The molecule has 8 heteroatoms. The fourth-order valence-corrected chi connectivity index (χ4v) is 5.66. The number of benzene rings is 1. The number of rotatable bonds is 7. The number of halogens is 2. The average molecular weight is 483 g/mol. The first kappa shape index (κ1) is 23.9. The summed E-state index contributed by atoms with van der Waals surface area (Å²) in [5.41, 5.74) is 6.65. The van der Waals surface area contributed by atoms with Crippen LogP contribution in [0.5, 0.6) is 0 Å². The predicted octanol–water partition coefficient (Wildman–Crippen LogP) is 7.27. The van der Waals surface area contributed by atoms with Crippen LogP contribution in [0.2, 0.25) is 0 Å². The van der Waals surface area contributed by atoms with E-state index in [2.05, 4.69) is 28.8 Å². The van der Waals surface area contributed by atoms with Crippen LogP contribution in [0.3, 0.4) is 0 Å². The number of aryl methyl sites for hydroxylation is 3. The molecule has 0 amide bonds. The molecule has 5 rings (SSSR count). The maximum absolute atomic E-state index is 12.9. The molecule has 4 aromatic rings. The van der Waals surface area contributed by atoms with Crippen LogP contribution in [0.1, 0.15) is 80.8 Å². The normalized spacial score (nSPS) is 16.1. The Labute approximate surface area is 203 Å². The number of alkyl halides is 2. The third-order valence-corrected chi connectivity index (χ3v) is 7.33. The standard InChI is InChI=1S/C27H32F2N4O2/c1-5-18-11-21-22(12-20(18)24-16(3)32-35-17(24)4)30-13-23-25(21)33(15(2)14-34-27(28)29)26(31-23)19-9-7-6-8-10-19/h11-13,15,19,27H,5-10,14H2,1-4H3/t15-/m0/s1. The molecule has 1 aromatic carbocycles. The summed E-state index contributed by atoms with van der Waals surface area (Å²) in [4.78, 5) is 9.79. The lowest BCUT2D eigenvalue weighted by atomic mass is 9.88. The molecular weight excluding hydrogens is 450 g/mol. The van der Waals surface area contributed by atoms with Gasteiger partial charge in [-0.2, -0.15) is 8.78 Å². The average Bonchev–Trinajstić information content (AvgIpc) is 3.42. The molecule has 0 N–H and O–H groups in total. The van der Waals surface area contributed by atoms with E-state index in [0.29, 0.717) is 5.92 Å². The van der Waals surface area contributed by atoms with E-state index in [1.54, 1.807) is 0 Å². The van der Waals surface area contributed by atoms with Crippen molar-refractivity contribution in [3.05, 3.63) is 41.2 Å². The number of fused-ring (bicyclic) bond motifs is 3. The van der Waals surface area contributed by atoms with Crippen LogP contribution in [0.4, 0.5) is 8.78 Å². The highest BCUT2D eigenvalue weighted by molar-refractivity contribution is 6.04. The maximum Gasteiger partial charge on any atom is 0.345 e.